The molecule has 6 heterocycles. The maximum atomic E-state index is 12.1. The molecule has 4 aromatic carbocycles. The van der Waals surface area contributed by atoms with Gasteiger partial charge in [0.15, 0.2) is 34.5 Å². The van der Waals surface area contributed by atoms with Crippen LogP contribution in [0.1, 0.15) is 22.3 Å². The van der Waals surface area contributed by atoms with Crippen molar-refractivity contribution in [1.82, 2.24) is 19.9 Å². The first kappa shape index (κ1) is 49.8. The quantitative estimate of drug-likeness (QED) is 0.0638. The fourth-order valence-corrected chi connectivity index (χ4v) is 7.05. The molecule has 0 aliphatic heterocycles. The number of phenolic OH excluding ortho intramolecular Hbond substituents is 8. The van der Waals surface area contributed by atoms with E-state index in [1.54, 1.807) is 0 Å². The van der Waals surface area contributed by atoms with Crippen LogP contribution in [-0.4, -0.2) is 71.0 Å². The van der Waals surface area contributed by atoms with Gasteiger partial charge < -0.3 is 59.9 Å². The lowest BCUT2D eigenvalue weighted by Gasteiger charge is -2.08. The summed E-state index contributed by atoms with van der Waals surface area (Å²) in [5.41, 5.74) is 3.54. The first-order valence-corrected chi connectivity index (χ1v) is 21.7. The molecule has 0 radical (unpaired) electrons. The van der Waals surface area contributed by atoms with Crippen LogP contribution in [0.4, 0.5) is 0 Å². The summed E-state index contributed by atoms with van der Waals surface area (Å²) in [4.78, 5) is 40.2. The Balaban J connectivity index is 0.000000144. The lowest BCUT2D eigenvalue weighted by atomic mass is 10.1. The lowest BCUT2D eigenvalue weighted by Crippen LogP contribution is -2.02. The van der Waals surface area contributed by atoms with Gasteiger partial charge in [-0.1, -0.05) is 0 Å². The predicted molar refractivity (Wildman–Crippen MR) is 264 cm³/mol. The van der Waals surface area contributed by atoms with Crippen molar-refractivity contribution in [3.05, 3.63) is 201 Å². The van der Waals surface area contributed by atoms with Crippen molar-refractivity contribution in [1.29, 1.82) is 0 Å². The van der Waals surface area contributed by atoms with Crippen molar-refractivity contribution in [2.24, 2.45) is 0 Å². The van der Waals surface area contributed by atoms with E-state index >= 15 is 0 Å². The predicted octanol–water partition coefficient (Wildman–Crippen LogP) is 8.50. The molecule has 0 aliphatic rings. The maximum absolute atomic E-state index is 12.1. The normalized spacial score (nSPS) is 10.6. The van der Waals surface area contributed by atoms with Crippen molar-refractivity contribution < 1.29 is 59.9 Å². The van der Waals surface area contributed by atoms with Crippen LogP contribution in [0.15, 0.2) is 177 Å². The van der Waals surface area contributed by atoms with Crippen LogP contribution in [-0.2, 0) is 25.7 Å². The minimum atomic E-state index is -0.888. The smallest absolute Gasteiger partial charge is 0.238 e. The van der Waals surface area contributed by atoms with E-state index in [9.17, 15) is 60.7 Å². The van der Waals surface area contributed by atoms with Crippen LogP contribution in [0.25, 0.3) is 44.6 Å². The standard InChI is InChI=1S/2C15H10O7.2C12H12N2/c2*16-7-4-10(19)12-11(5-7)22-15(14(21)13(12)20)6-1-2-8(17)9(18)3-6;2*1(11-3-7-13-8-4-11)2-12-5-9-14-10-6-12/h2*1-5,16-19,21H;2*3-10H,1-2H2. The zero-order valence-corrected chi connectivity index (χ0v) is 37.7. The molecule has 18 heteroatoms. The summed E-state index contributed by atoms with van der Waals surface area (Å²) in [6.07, 6.45) is 18.9. The van der Waals surface area contributed by atoms with E-state index in [0.717, 1.165) is 74.2 Å². The molecule has 0 amide bonds. The summed E-state index contributed by atoms with van der Waals surface area (Å²) in [6, 6.07) is 27.7. The third kappa shape index (κ3) is 12.3. The van der Waals surface area contributed by atoms with Gasteiger partial charge in [-0.15, -0.1) is 0 Å². The molecule has 0 atom stereocenters. The average molecular weight is 973 g/mol. The first-order valence-electron chi connectivity index (χ1n) is 21.7. The number of benzene rings is 4. The second kappa shape index (κ2) is 22.8. The Morgan fingerprint density at radius 1 is 0.333 bits per heavy atom. The number of fused-ring (bicyclic) bond motifs is 2. The summed E-state index contributed by atoms with van der Waals surface area (Å²) >= 11 is 0. The van der Waals surface area contributed by atoms with Gasteiger partial charge in [0.25, 0.3) is 0 Å². The van der Waals surface area contributed by atoms with Crippen LogP contribution in [0.2, 0.25) is 0 Å². The van der Waals surface area contributed by atoms with Gasteiger partial charge in [0, 0.05) is 85.0 Å². The molecule has 0 unspecified atom stereocenters. The Hall–Kier alpha value is -10.1. The molecule has 6 aromatic heterocycles. The van der Waals surface area contributed by atoms with Crippen molar-refractivity contribution in [3.63, 3.8) is 0 Å². The molecule has 0 saturated heterocycles. The SMILES string of the molecule is O=c1c(O)c(-c2ccc(O)c(O)c2)oc2cc(O)cc(O)c12.O=c1c(O)c(-c2ccc(O)c(O)c2)oc2cc(O)cc(O)c12.c1cc(CCc2ccncc2)ccn1.c1cc(CCc2ccncc2)ccn1. The van der Waals surface area contributed by atoms with E-state index < -0.39 is 45.4 Å². The highest BCUT2D eigenvalue weighted by atomic mass is 16.4. The number of phenols is 8. The van der Waals surface area contributed by atoms with Crippen molar-refractivity contribution >= 4 is 21.9 Å². The number of rotatable bonds is 8. The first-order chi connectivity index (χ1) is 34.7. The largest absolute Gasteiger partial charge is 0.508 e. The van der Waals surface area contributed by atoms with Gasteiger partial charge in [-0.05, 0) is 133 Å². The van der Waals surface area contributed by atoms with Crippen LogP contribution in [0.3, 0.4) is 0 Å². The van der Waals surface area contributed by atoms with Crippen LogP contribution >= 0.6 is 0 Å². The topological polar surface area (TPSA) is 314 Å². The molecule has 72 heavy (non-hydrogen) atoms. The van der Waals surface area contributed by atoms with Crippen molar-refractivity contribution in [3.8, 4) is 80.1 Å². The third-order valence-electron chi connectivity index (χ3n) is 10.7. The van der Waals surface area contributed by atoms with E-state index in [2.05, 4.69) is 68.5 Å². The number of aromatic nitrogens is 4. The number of aryl methyl sites for hydroxylation is 4. The van der Waals surface area contributed by atoms with Crippen LogP contribution in [0, 0.1) is 0 Å². The van der Waals surface area contributed by atoms with E-state index in [0.29, 0.717) is 0 Å². The number of aromatic hydroxyl groups is 10. The maximum Gasteiger partial charge on any atom is 0.238 e. The molecule has 18 nitrogen and oxygen atoms in total. The highest BCUT2D eigenvalue weighted by Gasteiger charge is 2.21. The summed E-state index contributed by atoms with van der Waals surface area (Å²) in [6.45, 7) is 0. The molecule has 0 aliphatic carbocycles. The lowest BCUT2D eigenvalue weighted by molar-refractivity contribution is 0.403. The van der Waals surface area contributed by atoms with E-state index in [-0.39, 0.29) is 67.6 Å². The van der Waals surface area contributed by atoms with Crippen molar-refractivity contribution in [2.45, 2.75) is 25.7 Å². The van der Waals surface area contributed by atoms with Gasteiger partial charge in [0.1, 0.15) is 44.9 Å². The summed E-state index contributed by atoms with van der Waals surface area (Å²) in [5.74, 6) is -5.43. The number of pyridine rings is 4. The minimum Gasteiger partial charge on any atom is -0.508 e. The molecule has 10 rings (SSSR count). The molecular weight excluding hydrogens is 929 g/mol. The molecule has 0 spiro atoms. The Morgan fingerprint density at radius 3 is 0.903 bits per heavy atom. The molecule has 0 saturated carbocycles. The highest BCUT2D eigenvalue weighted by molar-refractivity contribution is 5.89. The second-order valence-electron chi connectivity index (χ2n) is 15.7. The number of hydrogen-bond donors (Lipinski definition) is 10. The summed E-state index contributed by atoms with van der Waals surface area (Å²) < 4.78 is 10.7. The molecule has 10 aromatic rings. The Labute approximate surface area is 407 Å². The zero-order valence-electron chi connectivity index (χ0n) is 37.7. The van der Waals surface area contributed by atoms with Crippen LogP contribution < -0.4 is 10.9 Å². The Kier molecular flexibility index (Phi) is 15.8. The van der Waals surface area contributed by atoms with Crippen molar-refractivity contribution in [2.75, 3.05) is 0 Å². The van der Waals surface area contributed by atoms with Gasteiger partial charge in [-0.25, -0.2) is 0 Å². The molecule has 0 bridgehead atoms. The van der Waals surface area contributed by atoms with Crippen LogP contribution in [0.5, 0.6) is 57.5 Å². The van der Waals surface area contributed by atoms with Gasteiger partial charge in [-0.2, -0.15) is 0 Å². The Bertz CT molecular complexity index is 3260. The molecular formula is C54H44N4O14. The fourth-order valence-electron chi connectivity index (χ4n) is 7.05. The summed E-state index contributed by atoms with van der Waals surface area (Å²) in [5, 5.41) is 95.3. The van der Waals surface area contributed by atoms with Gasteiger partial charge in [-0.3, -0.25) is 29.5 Å². The minimum absolute atomic E-state index is 0.134. The number of nitrogens with zero attached hydrogens (tertiary/aromatic N) is 4. The molecule has 364 valence electrons. The van der Waals surface area contributed by atoms with E-state index in [4.69, 9.17) is 8.83 Å². The molecule has 0 fully saturated rings. The summed E-state index contributed by atoms with van der Waals surface area (Å²) in [7, 11) is 0. The van der Waals surface area contributed by atoms with E-state index in [1.165, 1.54) is 34.4 Å². The second-order valence-corrected chi connectivity index (χ2v) is 15.7. The fraction of sp³-hybridized carbons (Fsp3) is 0.0741. The zero-order chi connectivity index (χ0) is 51.3. The monoisotopic (exact) mass is 972 g/mol. The molecule has 10 N–H and O–H groups in total. The average Bonchev–Trinajstić information content (AvgIpc) is 3.38. The van der Waals surface area contributed by atoms with E-state index in [1.807, 2.05) is 49.6 Å². The highest BCUT2D eigenvalue weighted by Crippen LogP contribution is 2.39. The van der Waals surface area contributed by atoms with Gasteiger partial charge in [0.05, 0.1) is 0 Å². The van der Waals surface area contributed by atoms with Gasteiger partial charge in [0.2, 0.25) is 22.4 Å². The number of hydrogen-bond acceptors (Lipinski definition) is 18. The Morgan fingerprint density at radius 2 is 0.625 bits per heavy atom. The van der Waals surface area contributed by atoms with Gasteiger partial charge >= 0.3 is 0 Å². The third-order valence-corrected chi connectivity index (χ3v) is 10.7.